The smallest absolute Gasteiger partial charge is 0.119 e. The van der Waals surface area contributed by atoms with E-state index in [2.05, 4.69) is 24.7 Å². The fourth-order valence-corrected chi connectivity index (χ4v) is 1.82. The molecular formula is C10H16NOP. The van der Waals surface area contributed by atoms with Crippen molar-refractivity contribution in [2.75, 3.05) is 27.1 Å². The molecule has 0 radical (unpaired) electrons. The lowest BCUT2D eigenvalue weighted by atomic mass is 10.3. The number of rotatable bonds is 2. The van der Waals surface area contributed by atoms with Gasteiger partial charge in [0.1, 0.15) is 5.75 Å². The molecule has 0 unspecified atom stereocenters. The maximum atomic E-state index is 5.07. The molecule has 0 saturated heterocycles. The summed E-state index contributed by atoms with van der Waals surface area (Å²) in [5.41, 5.74) is 1.04. The van der Waals surface area contributed by atoms with Crippen molar-refractivity contribution < 1.29 is 4.74 Å². The van der Waals surface area contributed by atoms with Crippen molar-refractivity contribution in [2.45, 2.75) is 0 Å². The quantitative estimate of drug-likeness (QED) is 0.666. The molecule has 0 aliphatic rings. The summed E-state index contributed by atoms with van der Waals surface area (Å²) in [7, 11) is 0.593. The molecular weight excluding hydrogens is 181 g/mol. The Labute approximate surface area is 80.0 Å². The largest absolute Gasteiger partial charge is 0.497 e. The van der Waals surface area contributed by atoms with Crippen molar-refractivity contribution in [2.24, 2.45) is 4.74 Å². The SMILES string of the molecule is COc1ccc(N=P(C)(C)C)cc1. The summed E-state index contributed by atoms with van der Waals surface area (Å²) in [6.07, 6.45) is 0. The topological polar surface area (TPSA) is 21.6 Å². The van der Waals surface area contributed by atoms with E-state index in [9.17, 15) is 0 Å². The van der Waals surface area contributed by atoms with Crippen LogP contribution in [0.5, 0.6) is 5.75 Å². The molecule has 0 amide bonds. The lowest BCUT2D eigenvalue weighted by molar-refractivity contribution is 0.415. The molecule has 0 aliphatic carbocycles. The number of ether oxygens (including phenoxy) is 1. The van der Waals surface area contributed by atoms with Gasteiger partial charge in [0.2, 0.25) is 0 Å². The first-order chi connectivity index (χ1) is 6.01. The van der Waals surface area contributed by atoms with E-state index in [1.54, 1.807) is 7.11 Å². The molecule has 1 rings (SSSR count). The first-order valence-electron chi connectivity index (χ1n) is 4.20. The van der Waals surface area contributed by atoms with Crippen LogP contribution in [-0.2, 0) is 0 Å². The van der Waals surface area contributed by atoms with Gasteiger partial charge >= 0.3 is 0 Å². The third-order valence-corrected chi connectivity index (χ3v) is 2.32. The Bertz CT molecular complexity index is 315. The van der Waals surface area contributed by atoms with Crippen LogP contribution in [0.3, 0.4) is 0 Å². The van der Waals surface area contributed by atoms with Crippen LogP contribution in [0.25, 0.3) is 0 Å². The molecule has 72 valence electrons. The molecule has 2 nitrogen and oxygen atoms in total. The Hall–Kier alpha value is -0.750. The second-order valence-corrected chi connectivity index (χ2v) is 7.82. The van der Waals surface area contributed by atoms with E-state index in [0.717, 1.165) is 11.4 Å². The number of benzene rings is 1. The zero-order chi connectivity index (χ0) is 9.90. The van der Waals surface area contributed by atoms with Crippen LogP contribution in [-0.4, -0.2) is 27.1 Å². The van der Waals surface area contributed by atoms with Gasteiger partial charge in [0.15, 0.2) is 0 Å². The second-order valence-electron chi connectivity index (χ2n) is 3.74. The number of hydrogen-bond donors (Lipinski definition) is 0. The molecule has 0 aliphatic heterocycles. The fourth-order valence-electron chi connectivity index (χ4n) is 0.995. The van der Waals surface area contributed by atoms with Gasteiger partial charge in [-0.15, -0.1) is 0 Å². The highest BCUT2D eigenvalue weighted by molar-refractivity contribution is 7.64. The molecule has 0 aromatic heterocycles. The van der Waals surface area contributed by atoms with Gasteiger partial charge in [-0.25, -0.2) is 0 Å². The molecule has 0 atom stereocenters. The fraction of sp³-hybridized carbons (Fsp3) is 0.400. The van der Waals surface area contributed by atoms with E-state index >= 15 is 0 Å². The van der Waals surface area contributed by atoms with Crippen LogP contribution in [0.1, 0.15) is 0 Å². The molecule has 0 heterocycles. The van der Waals surface area contributed by atoms with Crippen LogP contribution in [0.4, 0.5) is 5.69 Å². The molecule has 1 aromatic carbocycles. The van der Waals surface area contributed by atoms with E-state index in [1.807, 2.05) is 24.3 Å². The Balaban J connectivity index is 2.94. The zero-order valence-corrected chi connectivity index (χ0v) is 9.51. The highest BCUT2D eigenvalue weighted by Gasteiger charge is 1.96. The average molecular weight is 197 g/mol. The monoisotopic (exact) mass is 197 g/mol. The number of hydrogen-bond acceptors (Lipinski definition) is 2. The Morgan fingerprint density at radius 3 is 2.00 bits per heavy atom. The van der Waals surface area contributed by atoms with E-state index in [4.69, 9.17) is 4.74 Å². The van der Waals surface area contributed by atoms with Crippen molar-refractivity contribution >= 4 is 12.7 Å². The van der Waals surface area contributed by atoms with Gasteiger partial charge in [0, 0.05) is 0 Å². The van der Waals surface area contributed by atoms with Crippen LogP contribution >= 0.6 is 7.05 Å². The second kappa shape index (κ2) is 3.97. The molecule has 0 N–H and O–H groups in total. The first-order valence-corrected chi connectivity index (χ1v) is 7.28. The van der Waals surface area contributed by atoms with Gasteiger partial charge in [-0.2, -0.15) is 0 Å². The minimum absolute atomic E-state index is 0.881. The Morgan fingerprint density at radius 1 is 1.08 bits per heavy atom. The summed E-state index contributed by atoms with van der Waals surface area (Å²) < 4.78 is 9.69. The lowest BCUT2D eigenvalue weighted by Crippen LogP contribution is -1.79. The zero-order valence-electron chi connectivity index (χ0n) is 8.61. The Morgan fingerprint density at radius 2 is 1.62 bits per heavy atom. The molecule has 0 bridgehead atoms. The van der Waals surface area contributed by atoms with Gasteiger partial charge < -0.3 is 4.74 Å². The number of methoxy groups -OCH3 is 1. The van der Waals surface area contributed by atoms with Gasteiger partial charge in [-0.05, 0) is 51.3 Å². The van der Waals surface area contributed by atoms with Gasteiger partial charge in [0.25, 0.3) is 0 Å². The van der Waals surface area contributed by atoms with Crippen LogP contribution in [0.2, 0.25) is 0 Å². The molecule has 0 saturated carbocycles. The van der Waals surface area contributed by atoms with Crippen LogP contribution in [0.15, 0.2) is 29.0 Å². The summed E-state index contributed by atoms with van der Waals surface area (Å²) in [4.78, 5) is 0. The van der Waals surface area contributed by atoms with Crippen molar-refractivity contribution in [3.63, 3.8) is 0 Å². The summed E-state index contributed by atoms with van der Waals surface area (Å²) in [6, 6.07) is 7.86. The van der Waals surface area contributed by atoms with E-state index < -0.39 is 7.05 Å². The molecule has 3 heteroatoms. The van der Waals surface area contributed by atoms with E-state index in [0.29, 0.717) is 0 Å². The van der Waals surface area contributed by atoms with E-state index in [-0.39, 0.29) is 0 Å². The molecule has 0 spiro atoms. The molecule has 1 aromatic rings. The summed E-state index contributed by atoms with van der Waals surface area (Å²) in [5, 5.41) is 0. The van der Waals surface area contributed by atoms with Crippen LogP contribution < -0.4 is 4.74 Å². The summed E-state index contributed by atoms with van der Waals surface area (Å²) in [5.74, 6) is 0.881. The standard InChI is InChI=1S/C10H16NOP/c1-12-10-7-5-9(6-8-10)11-13(2,3)4/h5-8H,1-4H3. The first kappa shape index (κ1) is 10.3. The van der Waals surface area contributed by atoms with Crippen LogP contribution in [0, 0.1) is 0 Å². The summed E-state index contributed by atoms with van der Waals surface area (Å²) >= 11 is 0. The van der Waals surface area contributed by atoms with Crippen molar-refractivity contribution in [1.82, 2.24) is 0 Å². The van der Waals surface area contributed by atoms with E-state index in [1.165, 1.54) is 0 Å². The predicted molar refractivity (Wildman–Crippen MR) is 59.8 cm³/mol. The lowest BCUT2D eigenvalue weighted by Gasteiger charge is -2.06. The summed E-state index contributed by atoms with van der Waals surface area (Å²) in [6.45, 7) is 6.58. The normalized spacial score (nSPS) is 11.1. The maximum Gasteiger partial charge on any atom is 0.119 e. The van der Waals surface area contributed by atoms with Gasteiger partial charge in [-0.1, -0.05) is 0 Å². The predicted octanol–water partition coefficient (Wildman–Crippen LogP) is 3.42. The van der Waals surface area contributed by atoms with Crippen molar-refractivity contribution in [3.05, 3.63) is 24.3 Å². The van der Waals surface area contributed by atoms with Crippen molar-refractivity contribution in [1.29, 1.82) is 0 Å². The average Bonchev–Trinajstić information content (AvgIpc) is 2.03. The third kappa shape index (κ3) is 3.65. The third-order valence-electron chi connectivity index (χ3n) is 1.49. The Kier molecular flexibility index (Phi) is 3.16. The number of nitrogens with zero attached hydrogens (tertiary/aromatic N) is 1. The highest BCUT2D eigenvalue weighted by Crippen LogP contribution is 2.40. The van der Waals surface area contributed by atoms with Gasteiger partial charge in [0.05, 0.1) is 12.8 Å². The maximum absolute atomic E-state index is 5.07. The minimum Gasteiger partial charge on any atom is -0.497 e. The molecule has 13 heavy (non-hydrogen) atoms. The minimum atomic E-state index is -1.08. The highest BCUT2D eigenvalue weighted by atomic mass is 31.2. The van der Waals surface area contributed by atoms with Gasteiger partial charge in [-0.3, -0.25) is 4.74 Å². The molecule has 0 fully saturated rings. The van der Waals surface area contributed by atoms with Crippen molar-refractivity contribution in [3.8, 4) is 5.75 Å².